The third kappa shape index (κ3) is 3.97. The number of fused-ring (bicyclic) bond motifs is 1. The number of carbonyl (C=O) groups excluding carboxylic acids is 1. The number of hydrogen-bond acceptors (Lipinski definition) is 5. The second-order valence-corrected chi connectivity index (χ2v) is 10.1. The molecule has 1 aliphatic heterocycles. The third-order valence-electron chi connectivity index (χ3n) is 4.46. The predicted octanol–water partition coefficient (Wildman–Crippen LogP) is 2.43. The lowest BCUT2D eigenvalue weighted by atomic mass is 10.1. The Morgan fingerprint density at radius 2 is 2.04 bits per heavy atom. The maximum absolute atomic E-state index is 12.5. The van der Waals surface area contributed by atoms with E-state index in [0.29, 0.717) is 29.4 Å². The zero-order valence-electron chi connectivity index (χ0n) is 14.6. The molecule has 3 heterocycles. The summed E-state index contributed by atoms with van der Waals surface area (Å²) in [6, 6.07) is 12.3. The van der Waals surface area contributed by atoms with Gasteiger partial charge in [-0.25, -0.2) is 13.1 Å². The largest absolute Gasteiger partial charge is 0.348 e. The van der Waals surface area contributed by atoms with Crippen LogP contribution in [0.2, 0.25) is 4.34 Å². The number of hydrogen-bond donors (Lipinski definition) is 2. The molecule has 0 radical (unpaired) electrons. The van der Waals surface area contributed by atoms with Gasteiger partial charge in [0.15, 0.2) is 0 Å². The molecule has 0 fully saturated rings. The van der Waals surface area contributed by atoms with Gasteiger partial charge in [-0.2, -0.15) is 5.10 Å². The first-order valence-corrected chi connectivity index (χ1v) is 11.2. The number of rotatable bonds is 6. The summed E-state index contributed by atoms with van der Waals surface area (Å²) in [4.78, 5) is 12.5. The van der Waals surface area contributed by atoms with Crippen molar-refractivity contribution in [2.24, 2.45) is 0 Å². The van der Waals surface area contributed by atoms with Crippen molar-refractivity contribution in [2.75, 3.05) is 0 Å². The minimum absolute atomic E-state index is 0.169. The molecule has 0 unspecified atom stereocenters. The monoisotopic (exact) mass is 436 g/mol. The number of thiophene rings is 1. The first-order valence-electron chi connectivity index (χ1n) is 8.57. The Bertz CT molecular complexity index is 1110. The number of benzene rings is 1. The first-order chi connectivity index (χ1) is 13.4. The van der Waals surface area contributed by atoms with Crippen molar-refractivity contribution in [3.63, 3.8) is 0 Å². The van der Waals surface area contributed by atoms with E-state index in [1.165, 1.54) is 12.3 Å². The zero-order chi connectivity index (χ0) is 19.7. The summed E-state index contributed by atoms with van der Waals surface area (Å²) in [5.74, 6) is -0.223. The molecule has 1 aliphatic rings. The molecule has 3 aromatic rings. The lowest BCUT2D eigenvalue weighted by Crippen LogP contribution is -2.35. The predicted molar refractivity (Wildman–Crippen MR) is 107 cm³/mol. The summed E-state index contributed by atoms with van der Waals surface area (Å²) < 4.78 is 29.9. The van der Waals surface area contributed by atoms with Gasteiger partial charge in [0.05, 0.1) is 28.3 Å². The normalized spacial score (nSPS) is 16.1. The van der Waals surface area contributed by atoms with Crippen molar-refractivity contribution >= 4 is 38.9 Å². The fourth-order valence-electron chi connectivity index (χ4n) is 3.15. The van der Waals surface area contributed by atoms with Crippen LogP contribution in [-0.2, 0) is 29.5 Å². The van der Waals surface area contributed by atoms with Crippen LogP contribution in [0.15, 0.2) is 52.9 Å². The number of sulfonamides is 1. The smallest absolute Gasteiger partial charge is 0.255 e. The Labute approximate surface area is 171 Å². The lowest BCUT2D eigenvalue weighted by molar-refractivity contribution is 0.0950. The maximum atomic E-state index is 12.5. The van der Waals surface area contributed by atoms with Crippen LogP contribution < -0.4 is 10.0 Å². The van der Waals surface area contributed by atoms with E-state index < -0.39 is 10.0 Å². The van der Waals surface area contributed by atoms with E-state index in [-0.39, 0.29) is 16.2 Å². The molecular formula is C18H17ClN4O3S2. The van der Waals surface area contributed by atoms with Crippen LogP contribution in [0.5, 0.6) is 0 Å². The van der Waals surface area contributed by atoms with Gasteiger partial charge in [0, 0.05) is 19.0 Å². The van der Waals surface area contributed by atoms with Crippen LogP contribution in [0, 0.1) is 0 Å². The molecule has 1 aromatic carbocycles. The van der Waals surface area contributed by atoms with Gasteiger partial charge < -0.3 is 5.32 Å². The van der Waals surface area contributed by atoms with Crippen LogP contribution >= 0.6 is 22.9 Å². The van der Waals surface area contributed by atoms with Gasteiger partial charge in [-0.3, -0.25) is 9.48 Å². The molecule has 28 heavy (non-hydrogen) atoms. The Hall–Kier alpha value is -2.20. The quantitative estimate of drug-likeness (QED) is 0.620. The van der Waals surface area contributed by atoms with Crippen molar-refractivity contribution in [1.29, 1.82) is 0 Å². The molecule has 1 amide bonds. The summed E-state index contributed by atoms with van der Waals surface area (Å²) in [6.45, 7) is 0.791. The fraction of sp³-hybridized carbons (Fsp3) is 0.222. The number of halogens is 1. The molecule has 146 valence electrons. The second-order valence-electron chi connectivity index (χ2n) is 6.44. The maximum Gasteiger partial charge on any atom is 0.255 e. The van der Waals surface area contributed by atoms with Crippen molar-refractivity contribution in [3.05, 3.63) is 69.8 Å². The lowest BCUT2D eigenvalue weighted by Gasteiger charge is -2.11. The number of aromatic nitrogens is 2. The summed E-state index contributed by atoms with van der Waals surface area (Å²) in [5.41, 5.74) is 2.19. The molecule has 4 rings (SSSR count). The highest BCUT2D eigenvalue weighted by Gasteiger charge is 2.31. The molecule has 0 aliphatic carbocycles. The highest BCUT2D eigenvalue weighted by molar-refractivity contribution is 7.91. The molecule has 0 saturated carbocycles. The Balaban J connectivity index is 1.42. The second kappa shape index (κ2) is 7.67. The van der Waals surface area contributed by atoms with Gasteiger partial charge in [-0.15, -0.1) is 11.3 Å². The van der Waals surface area contributed by atoms with Gasteiger partial charge in [0.1, 0.15) is 4.21 Å². The first kappa shape index (κ1) is 19.1. The molecule has 0 saturated heterocycles. The molecule has 2 N–H and O–H groups in total. The molecule has 1 atom stereocenters. The number of carbonyl (C=O) groups is 1. The van der Waals surface area contributed by atoms with E-state index in [9.17, 15) is 13.2 Å². The third-order valence-corrected chi connectivity index (χ3v) is 7.70. The molecule has 10 heteroatoms. The zero-order valence-corrected chi connectivity index (χ0v) is 17.0. The topological polar surface area (TPSA) is 93.1 Å². The summed E-state index contributed by atoms with van der Waals surface area (Å²) in [7, 11) is -3.66. The molecule has 0 spiro atoms. The van der Waals surface area contributed by atoms with Crippen LogP contribution in [0.1, 0.15) is 21.6 Å². The highest BCUT2D eigenvalue weighted by atomic mass is 35.5. The van der Waals surface area contributed by atoms with Crippen molar-refractivity contribution in [2.45, 2.75) is 29.8 Å². The average Bonchev–Trinajstić information content (AvgIpc) is 3.36. The number of nitrogens with one attached hydrogen (secondary N) is 2. The number of nitrogens with zero attached hydrogens (tertiary/aromatic N) is 2. The number of amides is 1. The van der Waals surface area contributed by atoms with Crippen LogP contribution in [0.25, 0.3) is 0 Å². The van der Waals surface area contributed by atoms with E-state index >= 15 is 0 Å². The summed E-state index contributed by atoms with van der Waals surface area (Å²) in [6.07, 6.45) is 1.92. The Morgan fingerprint density at radius 3 is 2.75 bits per heavy atom. The van der Waals surface area contributed by atoms with Gasteiger partial charge in [-0.05, 0) is 17.7 Å². The standard InChI is InChI=1S/C18H17ClN4O3S2/c19-16-6-7-17(27-16)28(25,26)22-13-8-15-14(10-21-23(15)11-13)18(24)20-9-12-4-2-1-3-5-12/h1-7,10,13,22H,8-9,11H2,(H,20,24)/t13-/m0/s1. The summed E-state index contributed by atoms with van der Waals surface area (Å²) >= 11 is 6.84. The van der Waals surface area contributed by atoms with Gasteiger partial charge >= 0.3 is 0 Å². The van der Waals surface area contributed by atoms with Crippen molar-refractivity contribution < 1.29 is 13.2 Å². The average molecular weight is 437 g/mol. The van der Waals surface area contributed by atoms with E-state index in [1.54, 1.807) is 10.7 Å². The van der Waals surface area contributed by atoms with Gasteiger partial charge in [0.25, 0.3) is 5.91 Å². The highest BCUT2D eigenvalue weighted by Crippen LogP contribution is 2.27. The fourth-order valence-corrected chi connectivity index (χ4v) is 5.88. The van der Waals surface area contributed by atoms with E-state index in [1.807, 2.05) is 30.3 Å². The van der Waals surface area contributed by atoms with Crippen molar-refractivity contribution in [1.82, 2.24) is 19.8 Å². The Morgan fingerprint density at radius 1 is 1.25 bits per heavy atom. The Kier molecular flexibility index (Phi) is 5.24. The van der Waals surface area contributed by atoms with E-state index in [0.717, 1.165) is 22.6 Å². The summed E-state index contributed by atoms with van der Waals surface area (Å²) in [5, 5.41) is 7.11. The van der Waals surface area contributed by atoms with Gasteiger partial charge in [0.2, 0.25) is 10.0 Å². The van der Waals surface area contributed by atoms with E-state index in [2.05, 4.69) is 15.1 Å². The molecule has 0 bridgehead atoms. The molecule has 7 nitrogen and oxygen atoms in total. The van der Waals surface area contributed by atoms with Crippen LogP contribution in [0.4, 0.5) is 0 Å². The minimum Gasteiger partial charge on any atom is -0.348 e. The van der Waals surface area contributed by atoms with Crippen LogP contribution in [0.3, 0.4) is 0 Å². The van der Waals surface area contributed by atoms with Crippen molar-refractivity contribution in [3.8, 4) is 0 Å². The van der Waals surface area contributed by atoms with Gasteiger partial charge in [-0.1, -0.05) is 41.9 Å². The molecule has 2 aromatic heterocycles. The molecular weight excluding hydrogens is 420 g/mol. The van der Waals surface area contributed by atoms with E-state index in [4.69, 9.17) is 11.6 Å². The SMILES string of the molecule is O=C(NCc1ccccc1)c1cnn2c1C[C@H](NS(=O)(=O)c1ccc(Cl)s1)C2. The van der Waals surface area contributed by atoms with Crippen LogP contribution in [-0.4, -0.2) is 30.1 Å². The minimum atomic E-state index is -3.66.